The molecule has 0 amide bonds. The molecule has 0 aromatic heterocycles. The van der Waals surface area contributed by atoms with Crippen LogP contribution in [0.15, 0.2) is 0 Å². The zero-order chi connectivity index (χ0) is 5.82. The standard InChI is InChI=1S/C5H9O3/c1-2-6-5-7-3-4-8-5/h2-4H2,1H3. The topological polar surface area (TPSA) is 27.7 Å². The highest BCUT2D eigenvalue weighted by atomic mass is 16.9. The fourth-order valence-electron chi connectivity index (χ4n) is 0.493. The normalized spacial score (nSPS) is 22.1. The molecule has 0 unspecified atom stereocenters. The second-order valence-electron chi connectivity index (χ2n) is 1.38. The van der Waals surface area contributed by atoms with Gasteiger partial charge in [-0.05, 0) is 6.92 Å². The minimum atomic E-state index is 0.326. The van der Waals surface area contributed by atoms with E-state index in [0.717, 1.165) is 0 Å². The molecule has 0 spiro atoms. The first-order valence-corrected chi connectivity index (χ1v) is 2.69. The lowest BCUT2D eigenvalue weighted by molar-refractivity contribution is -0.118. The van der Waals surface area contributed by atoms with Gasteiger partial charge < -0.3 is 14.2 Å². The van der Waals surface area contributed by atoms with Gasteiger partial charge in [0.2, 0.25) is 0 Å². The zero-order valence-electron chi connectivity index (χ0n) is 4.85. The van der Waals surface area contributed by atoms with Crippen molar-refractivity contribution in [2.24, 2.45) is 0 Å². The number of hydrogen-bond donors (Lipinski definition) is 0. The van der Waals surface area contributed by atoms with Gasteiger partial charge in [0.1, 0.15) is 0 Å². The van der Waals surface area contributed by atoms with Crippen LogP contribution in [0.1, 0.15) is 6.92 Å². The molecule has 0 aliphatic carbocycles. The summed E-state index contributed by atoms with van der Waals surface area (Å²) in [6, 6.07) is 0. The summed E-state index contributed by atoms with van der Waals surface area (Å²) in [6.07, 6.45) is 0. The first-order valence-electron chi connectivity index (χ1n) is 2.69. The predicted molar refractivity (Wildman–Crippen MR) is 26.8 cm³/mol. The SMILES string of the molecule is CCO[C]1OCCO1. The van der Waals surface area contributed by atoms with Gasteiger partial charge in [-0.2, -0.15) is 0 Å². The van der Waals surface area contributed by atoms with Crippen LogP contribution in [-0.2, 0) is 14.2 Å². The minimum absolute atomic E-state index is 0.326. The maximum absolute atomic E-state index is 4.88. The van der Waals surface area contributed by atoms with Crippen LogP contribution < -0.4 is 0 Å². The number of hydrogen-bond acceptors (Lipinski definition) is 3. The zero-order valence-corrected chi connectivity index (χ0v) is 4.85. The Morgan fingerprint density at radius 2 is 2.12 bits per heavy atom. The Labute approximate surface area is 48.5 Å². The van der Waals surface area contributed by atoms with Crippen molar-refractivity contribution < 1.29 is 14.2 Å². The van der Waals surface area contributed by atoms with Crippen LogP contribution in [0.2, 0.25) is 0 Å². The average Bonchev–Trinajstić information content (AvgIpc) is 2.19. The maximum Gasteiger partial charge on any atom is 0.370 e. The Hall–Kier alpha value is -0.120. The predicted octanol–water partition coefficient (Wildman–Crippen LogP) is 0.517. The molecule has 0 bridgehead atoms. The summed E-state index contributed by atoms with van der Waals surface area (Å²) in [7, 11) is 0. The Kier molecular flexibility index (Phi) is 2.27. The summed E-state index contributed by atoms with van der Waals surface area (Å²) >= 11 is 0. The Bertz CT molecular complexity index is 58.7. The van der Waals surface area contributed by atoms with Crippen molar-refractivity contribution >= 4 is 0 Å². The lowest BCUT2D eigenvalue weighted by atomic mass is 10.8. The molecule has 1 fully saturated rings. The highest BCUT2D eigenvalue weighted by Gasteiger charge is 2.17. The summed E-state index contributed by atoms with van der Waals surface area (Å²) in [4.78, 5) is 0. The molecule has 0 saturated carbocycles. The van der Waals surface area contributed by atoms with E-state index >= 15 is 0 Å². The third-order valence-electron chi connectivity index (χ3n) is 0.785. The van der Waals surface area contributed by atoms with Crippen LogP contribution in [0.25, 0.3) is 0 Å². The monoisotopic (exact) mass is 117 g/mol. The van der Waals surface area contributed by atoms with Gasteiger partial charge in [-0.1, -0.05) is 0 Å². The van der Waals surface area contributed by atoms with Gasteiger partial charge in [0.15, 0.2) is 0 Å². The number of ether oxygens (including phenoxy) is 3. The van der Waals surface area contributed by atoms with E-state index in [1.54, 1.807) is 0 Å². The average molecular weight is 117 g/mol. The van der Waals surface area contributed by atoms with E-state index in [1.165, 1.54) is 0 Å². The van der Waals surface area contributed by atoms with Crippen LogP contribution >= 0.6 is 0 Å². The molecule has 1 rings (SSSR count). The van der Waals surface area contributed by atoms with Crippen LogP contribution in [0, 0.1) is 6.48 Å². The largest absolute Gasteiger partial charge is 0.370 e. The Morgan fingerprint density at radius 3 is 2.62 bits per heavy atom. The van der Waals surface area contributed by atoms with E-state index in [0.29, 0.717) is 26.3 Å². The number of rotatable bonds is 2. The summed E-state index contributed by atoms with van der Waals surface area (Å²) in [5.41, 5.74) is 0. The first kappa shape index (κ1) is 6.01. The van der Waals surface area contributed by atoms with E-state index in [2.05, 4.69) is 0 Å². The highest BCUT2D eigenvalue weighted by molar-refractivity contribution is 4.54. The quantitative estimate of drug-likeness (QED) is 0.527. The molecule has 47 valence electrons. The fourth-order valence-corrected chi connectivity index (χ4v) is 0.493. The molecule has 0 aromatic rings. The molecule has 1 heterocycles. The molecule has 1 radical (unpaired) electrons. The Morgan fingerprint density at radius 1 is 1.50 bits per heavy atom. The van der Waals surface area contributed by atoms with E-state index in [9.17, 15) is 0 Å². The molecule has 3 nitrogen and oxygen atoms in total. The molecular formula is C5H9O3. The van der Waals surface area contributed by atoms with E-state index in [1.807, 2.05) is 6.92 Å². The lowest BCUT2D eigenvalue weighted by Gasteiger charge is -2.02. The molecule has 0 atom stereocenters. The fraction of sp³-hybridized carbons (Fsp3) is 0.800. The third kappa shape index (κ3) is 1.43. The van der Waals surface area contributed by atoms with Crippen LogP contribution in [0.5, 0.6) is 0 Å². The summed E-state index contributed by atoms with van der Waals surface area (Å²) < 4.78 is 14.6. The summed E-state index contributed by atoms with van der Waals surface area (Å²) in [6.45, 7) is 4.06. The smallest absolute Gasteiger partial charge is 0.321 e. The molecular weight excluding hydrogens is 108 g/mol. The molecule has 1 saturated heterocycles. The maximum atomic E-state index is 4.88. The third-order valence-corrected chi connectivity index (χ3v) is 0.785. The molecule has 8 heavy (non-hydrogen) atoms. The van der Waals surface area contributed by atoms with Gasteiger partial charge in [-0.15, -0.1) is 0 Å². The highest BCUT2D eigenvalue weighted by Crippen LogP contribution is 2.11. The van der Waals surface area contributed by atoms with E-state index in [4.69, 9.17) is 14.2 Å². The van der Waals surface area contributed by atoms with Crippen molar-refractivity contribution in [1.29, 1.82) is 0 Å². The van der Waals surface area contributed by atoms with Gasteiger partial charge >= 0.3 is 6.48 Å². The molecule has 1 aliphatic heterocycles. The van der Waals surface area contributed by atoms with Crippen molar-refractivity contribution in [1.82, 2.24) is 0 Å². The van der Waals surface area contributed by atoms with E-state index in [-0.39, 0.29) is 0 Å². The van der Waals surface area contributed by atoms with Crippen molar-refractivity contribution in [2.75, 3.05) is 19.8 Å². The second-order valence-corrected chi connectivity index (χ2v) is 1.38. The second kappa shape index (κ2) is 3.02. The molecule has 0 aromatic carbocycles. The molecule has 1 aliphatic rings. The Balaban J connectivity index is 2.06. The minimum Gasteiger partial charge on any atom is -0.321 e. The molecule has 3 heteroatoms. The first-order chi connectivity index (χ1) is 3.93. The summed E-state index contributed by atoms with van der Waals surface area (Å²) in [5, 5.41) is 0. The van der Waals surface area contributed by atoms with Gasteiger partial charge in [-0.25, -0.2) is 0 Å². The van der Waals surface area contributed by atoms with Crippen molar-refractivity contribution in [3.63, 3.8) is 0 Å². The van der Waals surface area contributed by atoms with Crippen LogP contribution in [0.4, 0.5) is 0 Å². The molecule has 0 N–H and O–H groups in total. The summed E-state index contributed by atoms with van der Waals surface area (Å²) in [5.74, 6) is 0. The van der Waals surface area contributed by atoms with Gasteiger partial charge in [0.05, 0.1) is 13.2 Å². The lowest BCUT2D eigenvalue weighted by Crippen LogP contribution is -2.01. The van der Waals surface area contributed by atoms with Crippen molar-refractivity contribution in [2.45, 2.75) is 6.92 Å². The van der Waals surface area contributed by atoms with Gasteiger partial charge in [0.25, 0.3) is 0 Å². The van der Waals surface area contributed by atoms with Crippen molar-refractivity contribution in [3.05, 3.63) is 6.48 Å². The van der Waals surface area contributed by atoms with Gasteiger partial charge in [0, 0.05) is 6.61 Å². The van der Waals surface area contributed by atoms with E-state index < -0.39 is 0 Å². The van der Waals surface area contributed by atoms with Crippen LogP contribution in [0.3, 0.4) is 0 Å². The van der Waals surface area contributed by atoms with Crippen LogP contribution in [-0.4, -0.2) is 19.8 Å². The van der Waals surface area contributed by atoms with Gasteiger partial charge in [-0.3, -0.25) is 0 Å². The van der Waals surface area contributed by atoms with Crippen molar-refractivity contribution in [3.8, 4) is 0 Å².